The van der Waals surface area contributed by atoms with Crippen LogP contribution < -0.4 is 10.6 Å². The largest absolute Gasteiger partial charge is 0.444 e. The number of rotatable bonds is 5. The molecule has 31 heavy (non-hydrogen) atoms. The van der Waals surface area contributed by atoms with Crippen molar-refractivity contribution in [2.24, 2.45) is 0 Å². The van der Waals surface area contributed by atoms with Crippen LogP contribution in [0.4, 0.5) is 31.1 Å². The normalized spacial score (nSPS) is 12.7. The van der Waals surface area contributed by atoms with E-state index in [2.05, 4.69) is 20.6 Å². The van der Waals surface area contributed by atoms with Gasteiger partial charge in [-0.2, -0.15) is 26.3 Å². The highest BCUT2D eigenvalue weighted by Crippen LogP contribution is 2.39. The molecular formula is C18H20F6N4O3. The summed E-state index contributed by atoms with van der Waals surface area (Å²) in [7, 11) is 0. The van der Waals surface area contributed by atoms with Crippen molar-refractivity contribution in [3.05, 3.63) is 29.1 Å². The van der Waals surface area contributed by atoms with Crippen LogP contribution in [0.3, 0.4) is 0 Å². The molecule has 0 aliphatic rings. The Labute approximate surface area is 172 Å². The number of fused-ring (bicyclic) bond motifs is 1. The van der Waals surface area contributed by atoms with Gasteiger partial charge in [0.15, 0.2) is 0 Å². The number of halogens is 6. The number of aromatic amines is 1. The number of nitrogens with zero attached hydrogens (tertiary/aromatic N) is 1. The number of carbonyl (C=O) groups is 2. The van der Waals surface area contributed by atoms with E-state index in [0.29, 0.717) is 6.07 Å². The number of aromatic nitrogens is 2. The first-order chi connectivity index (χ1) is 14.1. The van der Waals surface area contributed by atoms with Crippen LogP contribution >= 0.6 is 0 Å². The summed E-state index contributed by atoms with van der Waals surface area (Å²) in [6, 6.07) is 0.485. The van der Waals surface area contributed by atoms with Gasteiger partial charge in [-0.25, -0.2) is 9.78 Å². The van der Waals surface area contributed by atoms with Crippen molar-refractivity contribution in [2.45, 2.75) is 45.1 Å². The fourth-order valence-corrected chi connectivity index (χ4v) is 2.53. The lowest BCUT2D eigenvalue weighted by molar-refractivity contribution is -0.142. The molecule has 0 spiro atoms. The molecule has 0 aliphatic heterocycles. The van der Waals surface area contributed by atoms with E-state index in [1.54, 1.807) is 20.8 Å². The number of benzene rings is 1. The Morgan fingerprint density at radius 2 is 1.61 bits per heavy atom. The second-order valence-electron chi connectivity index (χ2n) is 7.55. The minimum Gasteiger partial charge on any atom is -0.444 e. The Balaban J connectivity index is 2.05. The van der Waals surface area contributed by atoms with Gasteiger partial charge >= 0.3 is 18.4 Å². The van der Waals surface area contributed by atoms with Crippen molar-refractivity contribution < 1.29 is 40.7 Å². The molecule has 7 nitrogen and oxygen atoms in total. The van der Waals surface area contributed by atoms with Crippen LogP contribution in [0, 0.1) is 0 Å². The average molecular weight is 454 g/mol. The molecule has 2 amide bonds. The van der Waals surface area contributed by atoms with Gasteiger partial charge in [-0.1, -0.05) is 0 Å². The third-order valence-electron chi connectivity index (χ3n) is 3.71. The molecule has 0 fully saturated rings. The highest BCUT2D eigenvalue weighted by Gasteiger charge is 2.39. The van der Waals surface area contributed by atoms with Crippen molar-refractivity contribution in [3.63, 3.8) is 0 Å². The maximum Gasteiger partial charge on any atom is 0.418 e. The molecule has 3 N–H and O–H groups in total. The Kier molecular flexibility index (Phi) is 6.76. The first-order valence-corrected chi connectivity index (χ1v) is 8.97. The van der Waals surface area contributed by atoms with Crippen LogP contribution in [-0.4, -0.2) is 40.7 Å². The molecule has 0 bridgehead atoms. The van der Waals surface area contributed by atoms with E-state index < -0.39 is 58.5 Å². The molecule has 2 rings (SSSR count). The first kappa shape index (κ1) is 24.3. The predicted octanol–water partition coefficient (Wildman–Crippen LogP) is 3.78. The van der Waals surface area contributed by atoms with Crippen molar-refractivity contribution in [2.75, 3.05) is 13.1 Å². The minimum atomic E-state index is -5.07. The van der Waals surface area contributed by atoms with Gasteiger partial charge in [0, 0.05) is 13.1 Å². The van der Waals surface area contributed by atoms with Gasteiger partial charge in [0.25, 0.3) is 0 Å². The predicted molar refractivity (Wildman–Crippen MR) is 97.0 cm³/mol. The smallest absolute Gasteiger partial charge is 0.418 e. The van der Waals surface area contributed by atoms with E-state index >= 15 is 0 Å². The molecule has 0 unspecified atom stereocenters. The van der Waals surface area contributed by atoms with Crippen LogP contribution in [0.2, 0.25) is 0 Å². The molecular weight excluding hydrogens is 434 g/mol. The third-order valence-corrected chi connectivity index (χ3v) is 3.71. The number of alkyl carbamates (subject to hydrolysis) is 1. The molecule has 172 valence electrons. The number of nitrogens with one attached hydrogen (secondary N) is 3. The van der Waals surface area contributed by atoms with E-state index in [4.69, 9.17) is 4.74 Å². The molecule has 0 atom stereocenters. The molecule has 1 aromatic heterocycles. The van der Waals surface area contributed by atoms with Crippen LogP contribution in [0.15, 0.2) is 12.1 Å². The van der Waals surface area contributed by atoms with Crippen LogP contribution in [0.1, 0.15) is 37.7 Å². The van der Waals surface area contributed by atoms with E-state index in [0.717, 1.165) is 0 Å². The minimum absolute atomic E-state index is 0.00960. The maximum absolute atomic E-state index is 13.2. The average Bonchev–Trinajstić information content (AvgIpc) is 2.96. The van der Waals surface area contributed by atoms with Crippen LogP contribution in [0.5, 0.6) is 0 Å². The van der Waals surface area contributed by atoms with Gasteiger partial charge in [0.1, 0.15) is 16.9 Å². The SMILES string of the molecule is CC(C)(C)OC(=O)NCCNC(=O)Cc1nc2c(C(F)(F)F)cc(C(F)(F)F)cc2[nH]1. The second kappa shape index (κ2) is 8.63. The molecule has 2 aromatic rings. The van der Waals surface area contributed by atoms with Crippen LogP contribution in [-0.2, 0) is 28.3 Å². The van der Waals surface area contributed by atoms with E-state index in [1.807, 2.05) is 0 Å². The molecule has 0 radical (unpaired) electrons. The van der Waals surface area contributed by atoms with Gasteiger partial charge < -0.3 is 20.4 Å². The number of hydrogen-bond donors (Lipinski definition) is 3. The number of carbonyl (C=O) groups excluding carboxylic acids is 2. The second-order valence-corrected chi connectivity index (χ2v) is 7.55. The summed E-state index contributed by atoms with van der Waals surface area (Å²) >= 11 is 0. The van der Waals surface area contributed by atoms with Crippen molar-refractivity contribution in [1.82, 2.24) is 20.6 Å². The van der Waals surface area contributed by atoms with Gasteiger partial charge in [-0.15, -0.1) is 0 Å². The number of hydrogen-bond acceptors (Lipinski definition) is 4. The molecule has 0 aliphatic carbocycles. The number of ether oxygens (including phenoxy) is 1. The van der Waals surface area contributed by atoms with E-state index in [-0.39, 0.29) is 25.0 Å². The monoisotopic (exact) mass is 454 g/mol. The number of amides is 2. The first-order valence-electron chi connectivity index (χ1n) is 8.97. The number of H-pyrrole nitrogens is 1. The molecule has 1 heterocycles. The van der Waals surface area contributed by atoms with Crippen molar-refractivity contribution in [3.8, 4) is 0 Å². The van der Waals surface area contributed by atoms with E-state index in [9.17, 15) is 35.9 Å². The summed E-state index contributed by atoms with van der Waals surface area (Å²) < 4.78 is 83.3. The molecule has 0 saturated heterocycles. The lowest BCUT2D eigenvalue weighted by Crippen LogP contribution is -2.38. The fourth-order valence-electron chi connectivity index (χ4n) is 2.53. The number of imidazole rings is 1. The fraction of sp³-hybridized carbons (Fsp3) is 0.500. The summed E-state index contributed by atoms with van der Waals surface area (Å²) in [6.45, 7) is 5.02. The standard InChI is InChI=1S/C18H20F6N4O3/c1-16(2,3)31-15(30)26-5-4-25-13(29)8-12-27-11-7-9(17(19,20)21)6-10(14(11)28-12)18(22,23)24/h6-7H,4-5,8H2,1-3H3,(H,25,29)(H,26,30)(H,27,28). The topological polar surface area (TPSA) is 96.1 Å². The highest BCUT2D eigenvalue weighted by atomic mass is 19.4. The summed E-state index contributed by atoms with van der Waals surface area (Å²) in [6.07, 6.45) is -11.3. The summed E-state index contributed by atoms with van der Waals surface area (Å²) in [5.74, 6) is -0.896. The van der Waals surface area contributed by atoms with Crippen LogP contribution in [0.25, 0.3) is 11.0 Å². The summed E-state index contributed by atoms with van der Waals surface area (Å²) in [5, 5.41) is 4.80. The summed E-state index contributed by atoms with van der Waals surface area (Å²) in [4.78, 5) is 29.4. The van der Waals surface area contributed by atoms with Crippen molar-refractivity contribution in [1.29, 1.82) is 0 Å². The lowest BCUT2D eigenvalue weighted by atomic mass is 10.1. The Morgan fingerprint density at radius 3 is 2.16 bits per heavy atom. The lowest BCUT2D eigenvalue weighted by Gasteiger charge is -2.19. The van der Waals surface area contributed by atoms with Gasteiger partial charge in [0.2, 0.25) is 5.91 Å². The maximum atomic E-state index is 13.2. The molecule has 13 heteroatoms. The quantitative estimate of drug-likeness (QED) is 0.473. The van der Waals surface area contributed by atoms with Gasteiger partial charge in [0.05, 0.1) is 23.1 Å². The Morgan fingerprint density at radius 1 is 1.00 bits per heavy atom. The summed E-state index contributed by atoms with van der Waals surface area (Å²) in [5.41, 5.74) is -4.94. The van der Waals surface area contributed by atoms with Gasteiger partial charge in [-0.3, -0.25) is 4.79 Å². The molecule has 1 aromatic carbocycles. The van der Waals surface area contributed by atoms with Gasteiger partial charge in [-0.05, 0) is 32.9 Å². The van der Waals surface area contributed by atoms with Crippen molar-refractivity contribution >= 4 is 23.0 Å². The molecule has 0 saturated carbocycles. The highest BCUT2D eigenvalue weighted by molar-refractivity contribution is 5.83. The zero-order valence-electron chi connectivity index (χ0n) is 16.7. The zero-order chi connectivity index (χ0) is 23.6. The Bertz CT molecular complexity index is 960. The van der Waals surface area contributed by atoms with E-state index in [1.165, 1.54) is 0 Å². The third kappa shape index (κ3) is 7.03. The zero-order valence-corrected chi connectivity index (χ0v) is 16.7. The number of alkyl halides is 6. The Hall–Kier alpha value is -2.99.